The molecular weight excluding hydrogens is 196 g/mol. The Kier molecular flexibility index (Phi) is 4.03. The molecule has 1 aromatic heterocycles. The van der Waals surface area contributed by atoms with Gasteiger partial charge in [-0.15, -0.1) is 0 Å². The fourth-order valence-corrected chi connectivity index (χ4v) is 3.02. The van der Waals surface area contributed by atoms with E-state index in [1.807, 2.05) is 11.7 Å². The second kappa shape index (κ2) is 5.51. The highest BCUT2D eigenvalue weighted by atomic mass is 15.2. The fraction of sp³-hybridized carbons (Fsp3) is 0.786. The molecule has 2 unspecified atom stereocenters. The molecule has 0 radical (unpaired) electrons. The van der Waals surface area contributed by atoms with Crippen molar-refractivity contribution in [3.63, 3.8) is 0 Å². The summed E-state index contributed by atoms with van der Waals surface area (Å²) in [7, 11) is 2.01. The maximum Gasteiger partial charge on any atom is 0.0655 e. The summed E-state index contributed by atoms with van der Waals surface area (Å²) in [6.45, 7) is 2.31. The quantitative estimate of drug-likeness (QED) is 0.707. The Morgan fingerprint density at radius 1 is 1.31 bits per heavy atom. The zero-order valence-electron chi connectivity index (χ0n) is 10.7. The molecule has 0 bridgehead atoms. The summed E-state index contributed by atoms with van der Waals surface area (Å²) >= 11 is 0. The second-order valence-electron chi connectivity index (χ2n) is 5.27. The van der Waals surface area contributed by atoms with Gasteiger partial charge in [-0.05, 0) is 31.2 Å². The van der Waals surface area contributed by atoms with Crippen LogP contribution in [0.5, 0.6) is 0 Å². The zero-order valence-corrected chi connectivity index (χ0v) is 10.7. The largest absolute Gasteiger partial charge is 0.276 e. The lowest BCUT2D eigenvalue weighted by atomic mass is 9.93. The molecule has 1 aromatic rings. The third kappa shape index (κ3) is 2.87. The van der Waals surface area contributed by atoms with Crippen molar-refractivity contribution in [1.82, 2.24) is 9.78 Å². The van der Waals surface area contributed by atoms with E-state index in [-0.39, 0.29) is 0 Å². The first-order chi connectivity index (χ1) is 7.79. The van der Waals surface area contributed by atoms with Crippen molar-refractivity contribution >= 4 is 0 Å². The van der Waals surface area contributed by atoms with Crippen molar-refractivity contribution in [2.45, 2.75) is 57.8 Å². The molecule has 0 aliphatic heterocycles. The molecule has 2 rings (SSSR count). The van der Waals surface area contributed by atoms with Gasteiger partial charge in [-0.3, -0.25) is 4.68 Å². The minimum Gasteiger partial charge on any atom is -0.276 e. The average Bonchev–Trinajstić information content (AvgIpc) is 2.57. The Labute approximate surface area is 99.0 Å². The Morgan fingerprint density at radius 3 is 2.88 bits per heavy atom. The molecule has 1 heterocycles. The van der Waals surface area contributed by atoms with Gasteiger partial charge < -0.3 is 0 Å². The van der Waals surface area contributed by atoms with E-state index < -0.39 is 0 Å². The van der Waals surface area contributed by atoms with Crippen LogP contribution in [-0.4, -0.2) is 9.78 Å². The summed E-state index contributed by atoms with van der Waals surface area (Å²) in [5.41, 5.74) is 1.32. The van der Waals surface area contributed by atoms with Gasteiger partial charge in [0.25, 0.3) is 0 Å². The minimum atomic E-state index is 0.725. The highest BCUT2D eigenvalue weighted by Crippen LogP contribution is 2.34. The summed E-state index contributed by atoms with van der Waals surface area (Å²) in [4.78, 5) is 0. The first-order valence-electron chi connectivity index (χ1n) is 6.79. The van der Waals surface area contributed by atoms with Crippen LogP contribution in [0.4, 0.5) is 0 Å². The molecule has 2 nitrogen and oxygen atoms in total. The number of aromatic nitrogens is 2. The van der Waals surface area contributed by atoms with Gasteiger partial charge in [0.1, 0.15) is 0 Å². The lowest BCUT2D eigenvalue weighted by molar-refractivity contribution is 0.420. The maximum absolute atomic E-state index is 4.56. The van der Waals surface area contributed by atoms with E-state index in [2.05, 4.69) is 24.3 Å². The zero-order chi connectivity index (χ0) is 11.4. The van der Waals surface area contributed by atoms with Crippen molar-refractivity contribution in [2.24, 2.45) is 13.0 Å². The van der Waals surface area contributed by atoms with Gasteiger partial charge in [-0.1, -0.05) is 32.6 Å². The van der Waals surface area contributed by atoms with E-state index in [0.717, 1.165) is 11.8 Å². The highest BCUT2D eigenvalue weighted by molar-refractivity contribution is 5.06. The van der Waals surface area contributed by atoms with Gasteiger partial charge in [0, 0.05) is 19.2 Å². The van der Waals surface area contributed by atoms with E-state index in [4.69, 9.17) is 0 Å². The predicted octanol–water partition coefficient (Wildman–Crippen LogP) is 3.88. The van der Waals surface area contributed by atoms with E-state index in [1.54, 1.807) is 0 Å². The van der Waals surface area contributed by atoms with Crippen LogP contribution in [-0.2, 0) is 7.05 Å². The first kappa shape index (κ1) is 11.7. The molecule has 1 aliphatic rings. The molecule has 0 N–H and O–H groups in total. The number of hydrogen-bond donors (Lipinski definition) is 0. The van der Waals surface area contributed by atoms with Gasteiger partial charge >= 0.3 is 0 Å². The summed E-state index contributed by atoms with van der Waals surface area (Å²) < 4.78 is 1.93. The number of rotatable bonds is 3. The topological polar surface area (TPSA) is 17.8 Å². The predicted molar refractivity (Wildman–Crippen MR) is 67.4 cm³/mol. The Morgan fingerprint density at radius 2 is 2.19 bits per heavy atom. The molecular formula is C14H24N2. The SMILES string of the molecule is CCCC1CCCC(c2ccn(C)n2)CC1. The maximum atomic E-state index is 4.56. The van der Waals surface area contributed by atoms with Gasteiger partial charge in [-0.2, -0.15) is 5.10 Å². The molecule has 0 amide bonds. The smallest absolute Gasteiger partial charge is 0.0655 e. The lowest BCUT2D eigenvalue weighted by Crippen LogP contribution is -2.01. The van der Waals surface area contributed by atoms with Crippen molar-refractivity contribution in [3.05, 3.63) is 18.0 Å². The molecule has 1 aliphatic carbocycles. The summed E-state index contributed by atoms with van der Waals surface area (Å²) in [5.74, 6) is 1.71. The fourth-order valence-electron chi connectivity index (χ4n) is 3.02. The molecule has 0 saturated heterocycles. The van der Waals surface area contributed by atoms with Crippen LogP contribution in [0.2, 0.25) is 0 Å². The van der Waals surface area contributed by atoms with Crippen LogP contribution in [0.25, 0.3) is 0 Å². The van der Waals surface area contributed by atoms with Gasteiger partial charge in [-0.25, -0.2) is 0 Å². The molecule has 1 fully saturated rings. The second-order valence-corrected chi connectivity index (χ2v) is 5.27. The van der Waals surface area contributed by atoms with Crippen LogP contribution >= 0.6 is 0 Å². The normalized spacial score (nSPS) is 26.6. The van der Waals surface area contributed by atoms with Crippen LogP contribution in [0.3, 0.4) is 0 Å². The van der Waals surface area contributed by atoms with Crippen LogP contribution in [0, 0.1) is 5.92 Å². The monoisotopic (exact) mass is 220 g/mol. The van der Waals surface area contributed by atoms with E-state index in [1.165, 1.54) is 50.6 Å². The first-order valence-corrected chi connectivity index (χ1v) is 6.79. The summed E-state index contributed by atoms with van der Waals surface area (Å²) in [5, 5.41) is 4.56. The highest BCUT2D eigenvalue weighted by Gasteiger charge is 2.20. The molecule has 0 aromatic carbocycles. The van der Waals surface area contributed by atoms with Crippen molar-refractivity contribution in [3.8, 4) is 0 Å². The van der Waals surface area contributed by atoms with Crippen molar-refractivity contribution in [2.75, 3.05) is 0 Å². The number of nitrogens with zero attached hydrogens (tertiary/aromatic N) is 2. The van der Waals surface area contributed by atoms with Gasteiger partial charge in [0.15, 0.2) is 0 Å². The van der Waals surface area contributed by atoms with Crippen molar-refractivity contribution < 1.29 is 0 Å². The third-order valence-corrected chi connectivity index (χ3v) is 3.94. The Bertz CT molecular complexity index is 316. The van der Waals surface area contributed by atoms with E-state index in [0.29, 0.717) is 0 Å². The number of hydrogen-bond acceptors (Lipinski definition) is 1. The van der Waals surface area contributed by atoms with E-state index >= 15 is 0 Å². The minimum absolute atomic E-state index is 0.725. The molecule has 2 atom stereocenters. The Hall–Kier alpha value is -0.790. The molecule has 16 heavy (non-hydrogen) atoms. The number of aryl methyl sites for hydroxylation is 1. The van der Waals surface area contributed by atoms with E-state index in [9.17, 15) is 0 Å². The van der Waals surface area contributed by atoms with Gasteiger partial charge in [0.05, 0.1) is 5.69 Å². The summed E-state index contributed by atoms with van der Waals surface area (Å²) in [6.07, 6.45) is 11.8. The van der Waals surface area contributed by atoms with Gasteiger partial charge in [0.2, 0.25) is 0 Å². The molecule has 2 heteroatoms. The Balaban J connectivity index is 1.93. The molecule has 0 spiro atoms. The van der Waals surface area contributed by atoms with Crippen LogP contribution < -0.4 is 0 Å². The summed E-state index contributed by atoms with van der Waals surface area (Å²) in [6, 6.07) is 2.20. The molecule has 90 valence electrons. The van der Waals surface area contributed by atoms with Crippen LogP contribution in [0.15, 0.2) is 12.3 Å². The molecule has 1 saturated carbocycles. The van der Waals surface area contributed by atoms with Crippen molar-refractivity contribution in [1.29, 1.82) is 0 Å². The average molecular weight is 220 g/mol. The van der Waals surface area contributed by atoms with Crippen LogP contribution in [0.1, 0.15) is 63.5 Å². The third-order valence-electron chi connectivity index (χ3n) is 3.94. The lowest BCUT2D eigenvalue weighted by Gasteiger charge is -2.13. The standard InChI is InChI=1S/C14H24N2/c1-3-5-12-6-4-7-13(9-8-12)14-10-11-16(2)15-14/h10-13H,3-9H2,1-2H3.